The second-order valence-corrected chi connectivity index (χ2v) is 5.50. The van der Waals surface area contributed by atoms with Gasteiger partial charge in [-0.2, -0.15) is 0 Å². The van der Waals surface area contributed by atoms with Gasteiger partial charge in [-0.05, 0) is 36.4 Å². The zero-order valence-electron chi connectivity index (χ0n) is 9.80. The van der Waals surface area contributed by atoms with Crippen LogP contribution in [0.4, 0.5) is 4.39 Å². The van der Waals surface area contributed by atoms with Gasteiger partial charge in [-0.15, -0.1) is 11.6 Å². The Morgan fingerprint density at radius 2 is 1.89 bits per heavy atom. The quantitative estimate of drug-likeness (QED) is 0.646. The first-order valence-electron chi connectivity index (χ1n) is 5.51. The second kappa shape index (κ2) is 6.60. The normalized spacial score (nSPS) is 10.5. The Kier molecular flexibility index (Phi) is 5.08. The van der Waals surface area contributed by atoms with Crippen molar-refractivity contribution in [1.29, 1.82) is 0 Å². The Balaban J connectivity index is 2.16. The first-order valence-corrected chi connectivity index (χ1v) is 7.22. The van der Waals surface area contributed by atoms with Crippen molar-refractivity contribution in [1.82, 2.24) is 0 Å². The fourth-order valence-electron chi connectivity index (χ4n) is 1.60. The fraction of sp³-hybridized carbons (Fsp3) is 0.143. The Bertz CT molecular complexity index is 590. The maximum absolute atomic E-state index is 13.1. The minimum Gasteiger partial charge on any atom is -0.489 e. The number of rotatable bonds is 4. The molecule has 100 valence electrons. The lowest BCUT2D eigenvalue weighted by atomic mass is 10.2. The van der Waals surface area contributed by atoms with Crippen molar-refractivity contribution in [2.75, 3.05) is 0 Å². The highest BCUT2D eigenvalue weighted by Crippen LogP contribution is 2.26. The van der Waals surface area contributed by atoms with Gasteiger partial charge in [-0.3, -0.25) is 0 Å². The molecule has 0 atom stereocenters. The van der Waals surface area contributed by atoms with E-state index >= 15 is 0 Å². The molecule has 2 aromatic carbocycles. The molecule has 5 heteroatoms. The highest BCUT2D eigenvalue weighted by atomic mass is 79.9. The molecule has 0 fully saturated rings. The lowest BCUT2D eigenvalue weighted by Crippen LogP contribution is -1.99. The molecule has 19 heavy (non-hydrogen) atoms. The summed E-state index contributed by atoms with van der Waals surface area (Å²) in [5.74, 6) is 0.668. The maximum Gasteiger partial charge on any atom is 0.124 e. The van der Waals surface area contributed by atoms with Crippen molar-refractivity contribution in [3.8, 4) is 5.75 Å². The number of halogens is 4. The summed E-state index contributed by atoms with van der Waals surface area (Å²) < 4.78 is 19.7. The van der Waals surface area contributed by atoms with Gasteiger partial charge in [0.05, 0.1) is 5.88 Å². The molecule has 0 amide bonds. The zero-order valence-corrected chi connectivity index (χ0v) is 12.9. The van der Waals surface area contributed by atoms with Crippen molar-refractivity contribution in [2.24, 2.45) is 0 Å². The fourth-order valence-corrected chi connectivity index (χ4v) is 2.39. The highest BCUT2D eigenvalue weighted by molar-refractivity contribution is 9.10. The van der Waals surface area contributed by atoms with Crippen molar-refractivity contribution >= 4 is 39.1 Å². The van der Waals surface area contributed by atoms with E-state index in [1.165, 1.54) is 18.2 Å². The van der Waals surface area contributed by atoms with Gasteiger partial charge in [-0.1, -0.05) is 27.5 Å². The van der Waals surface area contributed by atoms with Crippen LogP contribution in [0.2, 0.25) is 5.02 Å². The molecule has 0 heterocycles. The van der Waals surface area contributed by atoms with E-state index in [0.29, 0.717) is 22.2 Å². The Hall–Kier alpha value is -0.770. The van der Waals surface area contributed by atoms with Gasteiger partial charge >= 0.3 is 0 Å². The van der Waals surface area contributed by atoms with Crippen molar-refractivity contribution < 1.29 is 9.13 Å². The number of ether oxygens (including phenoxy) is 1. The molecule has 0 N–H and O–H groups in total. The predicted molar refractivity (Wildman–Crippen MR) is 79.4 cm³/mol. The van der Waals surface area contributed by atoms with E-state index in [4.69, 9.17) is 27.9 Å². The molecule has 0 unspecified atom stereocenters. The van der Waals surface area contributed by atoms with Gasteiger partial charge < -0.3 is 4.74 Å². The van der Waals surface area contributed by atoms with Crippen LogP contribution in [-0.4, -0.2) is 0 Å². The Morgan fingerprint density at radius 1 is 1.11 bits per heavy atom. The molecule has 2 aromatic rings. The number of hydrogen-bond acceptors (Lipinski definition) is 1. The smallest absolute Gasteiger partial charge is 0.124 e. The van der Waals surface area contributed by atoms with Crippen LogP contribution < -0.4 is 4.74 Å². The highest BCUT2D eigenvalue weighted by Gasteiger charge is 2.07. The molecule has 0 saturated carbocycles. The van der Waals surface area contributed by atoms with Crippen LogP contribution in [0.25, 0.3) is 0 Å². The average molecular weight is 364 g/mol. The summed E-state index contributed by atoms with van der Waals surface area (Å²) in [5, 5.41) is 0.478. The maximum atomic E-state index is 13.1. The first kappa shape index (κ1) is 14.6. The van der Waals surface area contributed by atoms with Gasteiger partial charge in [0.1, 0.15) is 18.2 Å². The Morgan fingerprint density at radius 3 is 2.63 bits per heavy atom. The third-order valence-corrected chi connectivity index (χ3v) is 3.71. The van der Waals surface area contributed by atoms with E-state index in [1.807, 2.05) is 18.2 Å². The number of alkyl halides is 1. The zero-order chi connectivity index (χ0) is 13.8. The van der Waals surface area contributed by atoms with Gasteiger partial charge in [0, 0.05) is 20.6 Å². The molecule has 0 saturated heterocycles. The van der Waals surface area contributed by atoms with Gasteiger partial charge in [0.25, 0.3) is 0 Å². The van der Waals surface area contributed by atoms with Gasteiger partial charge in [-0.25, -0.2) is 4.39 Å². The lowest BCUT2D eigenvalue weighted by Gasteiger charge is -2.11. The molecular weight excluding hydrogens is 354 g/mol. The van der Waals surface area contributed by atoms with Crippen molar-refractivity contribution in [3.63, 3.8) is 0 Å². The van der Waals surface area contributed by atoms with Crippen LogP contribution in [0.15, 0.2) is 40.9 Å². The molecule has 0 spiro atoms. The molecule has 2 rings (SSSR count). The minimum atomic E-state index is -0.337. The topological polar surface area (TPSA) is 9.23 Å². The van der Waals surface area contributed by atoms with E-state index in [1.54, 1.807) is 0 Å². The lowest BCUT2D eigenvalue weighted by molar-refractivity contribution is 0.303. The SMILES string of the molecule is Fc1ccc(Cl)c(COc2ccc(Br)cc2CCl)c1. The molecule has 1 nitrogen and oxygen atoms in total. The predicted octanol–water partition coefficient (Wildman–Crippen LogP) is 5.56. The standard InChI is InChI=1S/C14H10BrCl2FO/c15-11-1-4-14(9(5-11)7-16)19-8-10-6-12(18)2-3-13(10)17/h1-6H,7-8H2. The van der Waals surface area contributed by atoms with Gasteiger partial charge in [0.15, 0.2) is 0 Å². The summed E-state index contributed by atoms with van der Waals surface area (Å²) in [6.45, 7) is 0.197. The van der Waals surface area contributed by atoms with Crippen LogP contribution in [0.5, 0.6) is 5.75 Å². The van der Waals surface area contributed by atoms with Crippen LogP contribution in [0.1, 0.15) is 11.1 Å². The van der Waals surface area contributed by atoms with Crippen molar-refractivity contribution in [2.45, 2.75) is 12.5 Å². The summed E-state index contributed by atoms with van der Waals surface area (Å²) in [5.41, 5.74) is 1.47. The second-order valence-electron chi connectivity index (χ2n) is 3.91. The van der Waals surface area contributed by atoms with E-state index in [0.717, 1.165) is 10.0 Å². The van der Waals surface area contributed by atoms with Gasteiger partial charge in [0.2, 0.25) is 0 Å². The summed E-state index contributed by atoms with van der Waals surface area (Å²) in [7, 11) is 0. The summed E-state index contributed by atoms with van der Waals surface area (Å²) >= 11 is 15.2. The van der Waals surface area contributed by atoms with E-state index in [-0.39, 0.29) is 12.4 Å². The molecular formula is C14H10BrCl2FO. The molecule has 0 bridgehead atoms. The minimum absolute atomic E-state index is 0.197. The van der Waals surface area contributed by atoms with Crippen molar-refractivity contribution in [3.05, 3.63) is 62.8 Å². The largest absolute Gasteiger partial charge is 0.489 e. The molecule has 0 aliphatic heterocycles. The number of hydrogen-bond donors (Lipinski definition) is 0. The first-order chi connectivity index (χ1) is 9.10. The van der Waals surface area contributed by atoms with E-state index in [9.17, 15) is 4.39 Å². The van der Waals surface area contributed by atoms with Crippen LogP contribution in [-0.2, 0) is 12.5 Å². The molecule has 0 radical (unpaired) electrons. The van der Waals surface area contributed by atoms with Crippen LogP contribution >= 0.6 is 39.1 Å². The van der Waals surface area contributed by atoms with Crippen LogP contribution in [0.3, 0.4) is 0 Å². The summed E-state index contributed by atoms with van der Waals surface area (Å²) in [6, 6.07) is 9.75. The Labute approximate surface area is 129 Å². The molecule has 0 aromatic heterocycles. The monoisotopic (exact) mass is 362 g/mol. The van der Waals surface area contributed by atoms with E-state index < -0.39 is 0 Å². The summed E-state index contributed by atoms with van der Waals surface area (Å²) in [4.78, 5) is 0. The average Bonchev–Trinajstić information content (AvgIpc) is 2.40. The number of benzene rings is 2. The molecule has 0 aliphatic rings. The third kappa shape index (κ3) is 3.85. The molecule has 0 aliphatic carbocycles. The van der Waals surface area contributed by atoms with E-state index in [2.05, 4.69) is 15.9 Å². The summed E-state index contributed by atoms with van der Waals surface area (Å²) in [6.07, 6.45) is 0. The third-order valence-electron chi connectivity index (χ3n) is 2.56. The van der Waals surface area contributed by atoms with Crippen LogP contribution in [0, 0.1) is 5.82 Å².